The SMILES string of the molecule is COC(CCc1c(Cl)cc(Cl)cc1Cl)C(N)=O. The Hall–Kier alpha value is -0.480. The van der Waals surface area contributed by atoms with E-state index < -0.39 is 12.0 Å². The highest BCUT2D eigenvalue weighted by Crippen LogP contribution is 2.30. The molecule has 0 heterocycles. The van der Waals surface area contributed by atoms with Crippen molar-refractivity contribution in [3.63, 3.8) is 0 Å². The number of amides is 1. The minimum absolute atomic E-state index is 0.424. The van der Waals surface area contributed by atoms with Crippen molar-refractivity contribution in [2.45, 2.75) is 18.9 Å². The molecular weight excluding hydrogens is 284 g/mol. The molecule has 94 valence electrons. The Kier molecular flexibility index (Phi) is 5.53. The molecular formula is C11H12Cl3NO2. The lowest BCUT2D eigenvalue weighted by Crippen LogP contribution is -2.30. The van der Waals surface area contributed by atoms with E-state index in [1.165, 1.54) is 7.11 Å². The van der Waals surface area contributed by atoms with Gasteiger partial charge in [0.05, 0.1) is 0 Å². The zero-order valence-electron chi connectivity index (χ0n) is 9.17. The second kappa shape index (κ2) is 6.45. The summed E-state index contributed by atoms with van der Waals surface area (Å²) in [6, 6.07) is 3.22. The van der Waals surface area contributed by atoms with Gasteiger partial charge in [-0.05, 0) is 30.5 Å². The molecule has 1 aromatic carbocycles. The quantitative estimate of drug-likeness (QED) is 0.908. The Bertz CT molecular complexity index is 400. The summed E-state index contributed by atoms with van der Waals surface area (Å²) in [7, 11) is 1.43. The van der Waals surface area contributed by atoms with Crippen LogP contribution < -0.4 is 5.73 Å². The smallest absolute Gasteiger partial charge is 0.246 e. The molecule has 1 rings (SSSR count). The number of primary amides is 1. The summed E-state index contributed by atoms with van der Waals surface area (Å²) < 4.78 is 4.95. The van der Waals surface area contributed by atoms with Crippen LogP contribution >= 0.6 is 34.8 Å². The molecule has 0 fully saturated rings. The summed E-state index contributed by atoms with van der Waals surface area (Å²) in [6.45, 7) is 0. The van der Waals surface area contributed by atoms with Crippen LogP contribution in [0.3, 0.4) is 0 Å². The lowest BCUT2D eigenvalue weighted by molar-refractivity contribution is -0.128. The number of halogens is 3. The number of ether oxygens (including phenoxy) is 1. The molecule has 1 atom stereocenters. The van der Waals surface area contributed by atoms with Crippen LogP contribution in [-0.4, -0.2) is 19.1 Å². The van der Waals surface area contributed by atoms with Crippen molar-refractivity contribution in [2.24, 2.45) is 5.73 Å². The molecule has 1 aromatic rings. The van der Waals surface area contributed by atoms with E-state index in [-0.39, 0.29) is 0 Å². The largest absolute Gasteiger partial charge is 0.372 e. The highest BCUT2D eigenvalue weighted by atomic mass is 35.5. The number of hydrogen-bond acceptors (Lipinski definition) is 2. The highest BCUT2D eigenvalue weighted by molar-refractivity contribution is 6.39. The van der Waals surface area contributed by atoms with Gasteiger partial charge in [0.15, 0.2) is 0 Å². The molecule has 17 heavy (non-hydrogen) atoms. The van der Waals surface area contributed by atoms with Crippen molar-refractivity contribution in [1.82, 2.24) is 0 Å². The molecule has 0 aromatic heterocycles. The van der Waals surface area contributed by atoms with E-state index in [2.05, 4.69) is 0 Å². The summed E-state index contributed by atoms with van der Waals surface area (Å²) >= 11 is 17.8. The molecule has 0 spiro atoms. The van der Waals surface area contributed by atoms with Crippen LogP contribution in [0.25, 0.3) is 0 Å². The summed E-state index contributed by atoms with van der Waals surface area (Å²) in [5.74, 6) is -0.506. The predicted molar refractivity (Wildman–Crippen MR) is 69.8 cm³/mol. The fourth-order valence-corrected chi connectivity index (χ4v) is 2.47. The first-order valence-corrected chi connectivity index (χ1v) is 6.04. The molecule has 3 nitrogen and oxygen atoms in total. The van der Waals surface area contributed by atoms with E-state index >= 15 is 0 Å². The minimum atomic E-state index is -0.641. The lowest BCUT2D eigenvalue weighted by Gasteiger charge is -2.13. The van der Waals surface area contributed by atoms with E-state index in [0.29, 0.717) is 27.9 Å². The number of methoxy groups -OCH3 is 1. The monoisotopic (exact) mass is 295 g/mol. The average Bonchev–Trinajstić information content (AvgIpc) is 2.21. The van der Waals surface area contributed by atoms with Gasteiger partial charge in [0.1, 0.15) is 6.10 Å². The third-order valence-electron chi connectivity index (χ3n) is 2.36. The topological polar surface area (TPSA) is 52.3 Å². The Morgan fingerprint density at radius 1 is 1.35 bits per heavy atom. The van der Waals surface area contributed by atoms with Gasteiger partial charge >= 0.3 is 0 Å². The Morgan fingerprint density at radius 3 is 2.29 bits per heavy atom. The molecule has 0 bridgehead atoms. The number of carbonyl (C=O) groups excluding carboxylic acids is 1. The van der Waals surface area contributed by atoms with Crippen molar-refractivity contribution < 1.29 is 9.53 Å². The number of rotatable bonds is 5. The van der Waals surface area contributed by atoms with Crippen LogP contribution in [0, 0.1) is 0 Å². The van der Waals surface area contributed by atoms with Crippen LogP contribution in [0.1, 0.15) is 12.0 Å². The highest BCUT2D eigenvalue weighted by Gasteiger charge is 2.16. The van der Waals surface area contributed by atoms with E-state index in [1.54, 1.807) is 12.1 Å². The first-order valence-electron chi connectivity index (χ1n) is 4.91. The Morgan fingerprint density at radius 2 is 1.88 bits per heavy atom. The number of hydrogen-bond donors (Lipinski definition) is 1. The minimum Gasteiger partial charge on any atom is -0.372 e. The third-order valence-corrected chi connectivity index (χ3v) is 3.26. The fraction of sp³-hybridized carbons (Fsp3) is 0.364. The van der Waals surface area contributed by atoms with Gasteiger partial charge < -0.3 is 10.5 Å². The third kappa shape index (κ3) is 4.03. The summed E-state index contributed by atoms with van der Waals surface area (Å²) in [5, 5.41) is 1.42. The number of benzene rings is 1. The first kappa shape index (κ1) is 14.6. The Labute approximate surface area is 115 Å². The number of nitrogens with two attached hydrogens (primary N) is 1. The molecule has 0 aliphatic rings. The molecule has 0 radical (unpaired) electrons. The Balaban J connectivity index is 2.79. The molecule has 0 aliphatic carbocycles. The maximum Gasteiger partial charge on any atom is 0.246 e. The summed E-state index contributed by atoms with van der Waals surface area (Å²) in [4.78, 5) is 11.0. The van der Waals surface area contributed by atoms with Gasteiger partial charge in [-0.3, -0.25) is 4.79 Å². The van der Waals surface area contributed by atoms with Gasteiger partial charge in [-0.25, -0.2) is 0 Å². The van der Waals surface area contributed by atoms with E-state index in [9.17, 15) is 4.79 Å². The van der Waals surface area contributed by atoms with Crippen LogP contribution in [0.2, 0.25) is 15.1 Å². The molecule has 6 heteroatoms. The normalized spacial score (nSPS) is 12.5. The van der Waals surface area contributed by atoms with Gasteiger partial charge in [0, 0.05) is 22.2 Å². The summed E-state index contributed by atoms with van der Waals surface area (Å²) in [5.41, 5.74) is 5.90. The van der Waals surface area contributed by atoms with Crippen LogP contribution in [0.15, 0.2) is 12.1 Å². The van der Waals surface area contributed by atoms with Crippen molar-refractivity contribution in [2.75, 3.05) is 7.11 Å². The van der Waals surface area contributed by atoms with Gasteiger partial charge in [0.25, 0.3) is 0 Å². The lowest BCUT2D eigenvalue weighted by atomic mass is 10.1. The van der Waals surface area contributed by atoms with Crippen LogP contribution in [0.5, 0.6) is 0 Å². The van der Waals surface area contributed by atoms with Crippen molar-refractivity contribution in [1.29, 1.82) is 0 Å². The van der Waals surface area contributed by atoms with Crippen molar-refractivity contribution >= 4 is 40.7 Å². The molecule has 0 aliphatic heterocycles. The maximum absolute atomic E-state index is 11.0. The first-order chi connectivity index (χ1) is 7.95. The van der Waals surface area contributed by atoms with Gasteiger partial charge in [0.2, 0.25) is 5.91 Å². The predicted octanol–water partition coefficient (Wildman–Crippen LogP) is 3.08. The van der Waals surface area contributed by atoms with Crippen LogP contribution in [-0.2, 0) is 16.0 Å². The molecule has 1 amide bonds. The van der Waals surface area contributed by atoms with E-state index in [1.807, 2.05) is 0 Å². The number of carbonyl (C=O) groups is 1. The van der Waals surface area contributed by atoms with E-state index in [4.69, 9.17) is 45.3 Å². The molecule has 0 saturated carbocycles. The van der Waals surface area contributed by atoms with Crippen molar-refractivity contribution in [3.05, 3.63) is 32.8 Å². The standard InChI is InChI=1S/C11H12Cl3NO2/c1-17-10(11(15)16)3-2-7-8(13)4-6(12)5-9(7)14/h4-5,10H,2-3H2,1H3,(H2,15,16). The second-order valence-corrected chi connectivity index (χ2v) is 4.76. The van der Waals surface area contributed by atoms with Gasteiger partial charge in [-0.1, -0.05) is 34.8 Å². The van der Waals surface area contributed by atoms with Gasteiger partial charge in [-0.15, -0.1) is 0 Å². The molecule has 0 saturated heterocycles. The average molecular weight is 297 g/mol. The molecule has 2 N–H and O–H groups in total. The maximum atomic E-state index is 11.0. The fourth-order valence-electron chi connectivity index (χ4n) is 1.46. The van der Waals surface area contributed by atoms with Crippen molar-refractivity contribution in [3.8, 4) is 0 Å². The zero-order chi connectivity index (χ0) is 13.0. The van der Waals surface area contributed by atoms with Gasteiger partial charge in [-0.2, -0.15) is 0 Å². The zero-order valence-corrected chi connectivity index (χ0v) is 11.4. The molecule has 1 unspecified atom stereocenters. The second-order valence-electron chi connectivity index (χ2n) is 3.51. The van der Waals surface area contributed by atoms with Crippen LogP contribution in [0.4, 0.5) is 0 Å². The van der Waals surface area contributed by atoms with E-state index in [0.717, 1.165) is 5.56 Å². The summed E-state index contributed by atoms with van der Waals surface area (Å²) in [6.07, 6.45) is 0.279.